The van der Waals surface area contributed by atoms with Crippen LogP contribution in [0.25, 0.3) is 0 Å². The lowest BCUT2D eigenvalue weighted by atomic mass is 9.89. The maximum Gasteiger partial charge on any atom is 0.348 e. The van der Waals surface area contributed by atoms with E-state index in [2.05, 4.69) is 5.32 Å². The largest absolute Gasteiger partial charge is 0.466 e. The molecule has 0 aromatic rings. The van der Waals surface area contributed by atoms with Crippen LogP contribution in [-0.2, 0) is 85.7 Å². The minimum Gasteiger partial charge on any atom is -0.466 e. The predicted octanol–water partition coefficient (Wildman–Crippen LogP) is -0.525. The summed E-state index contributed by atoms with van der Waals surface area (Å²) < 4.78 is 55.0. The van der Waals surface area contributed by atoms with Crippen molar-refractivity contribution in [1.29, 1.82) is 0 Å². The number of nitrogens with one attached hydrogen (secondary N) is 1. The van der Waals surface area contributed by atoms with Gasteiger partial charge in [0.2, 0.25) is 10.8 Å². The molecule has 20 heteroatoms. The number of thioether (sulfide) groups is 1. The summed E-state index contributed by atoms with van der Waals surface area (Å²) in [6, 6.07) is -1.36. The van der Waals surface area contributed by atoms with Crippen molar-refractivity contribution in [3.05, 3.63) is 0 Å². The van der Waals surface area contributed by atoms with Crippen molar-refractivity contribution in [2.75, 3.05) is 26.6 Å². The lowest BCUT2D eigenvalue weighted by Crippen LogP contribution is -2.68. The first-order valence-corrected chi connectivity index (χ1v) is 16.2. The molecule has 2 fully saturated rings. The molecule has 2 aliphatic heterocycles. The molecule has 0 bridgehead atoms. The second-order valence-corrected chi connectivity index (χ2v) is 12.4. The van der Waals surface area contributed by atoms with Gasteiger partial charge in [-0.3, -0.25) is 33.6 Å². The molecule has 1 amide bonds. The Morgan fingerprint density at radius 2 is 1.36 bits per heavy atom. The van der Waals surface area contributed by atoms with Crippen molar-refractivity contribution >= 4 is 59.5 Å². The Balaban J connectivity index is 2.73. The van der Waals surface area contributed by atoms with Crippen LogP contribution in [0.3, 0.4) is 0 Å². The molecule has 0 radical (unpaired) electrons. The van der Waals surface area contributed by atoms with Crippen molar-refractivity contribution in [3.63, 3.8) is 0 Å². The zero-order chi connectivity index (χ0) is 37.9. The molecule has 1 unspecified atom stereocenters. The minimum absolute atomic E-state index is 0.256. The van der Waals surface area contributed by atoms with Crippen LogP contribution in [-0.4, -0.2) is 134 Å². The summed E-state index contributed by atoms with van der Waals surface area (Å²) >= 11 is 0.728. The van der Waals surface area contributed by atoms with Crippen LogP contribution in [0.1, 0.15) is 54.9 Å². The van der Waals surface area contributed by atoms with Gasteiger partial charge in [-0.05, 0) is 0 Å². The monoisotopic (exact) mass is 737 g/mol. The average molecular weight is 738 g/mol. The highest BCUT2D eigenvalue weighted by Crippen LogP contribution is 2.44. The predicted molar refractivity (Wildman–Crippen MR) is 164 cm³/mol. The summed E-state index contributed by atoms with van der Waals surface area (Å²) in [6.07, 6.45) is -11.6. The highest BCUT2D eigenvalue weighted by Gasteiger charge is 2.60. The molecular weight excluding hydrogens is 694 g/mol. The van der Waals surface area contributed by atoms with Crippen LogP contribution >= 0.6 is 11.8 Å². The molecule has 0 aromatic carbocycles. The molecule has 10 atom stereocenters. The smallest absolute Gasteiger partial charge is 0.348 e. The molecule has 2 rings (SSSR count). The molecule has 2 aliphatic rings. The standard InChI is InChI=1S/C30H43NO18S/c1-13(32)31-23-20(43-15(3)34)10-30(29(39)41-9,49-26(23)24(45-17(5)36)21(44-16(4)35)11-42-14(2)33)50-12-22-25(46-18(6)37)27(47-19(7)38)28(40-8)48-22/h20-28H,10-12H2,1-9H3,(H,31,32)/t20-,21+,22+,23+,24+,25+,26+,27+,28?,30-/m0/s1. The van der Waals surface area contributed by atoms with Crippen molar-refractivity contribution in [2.45, 2.75) is 115 Å². The summed E-state index contributed by atoms with van der Waals surface area (Å²) in [7, 11) is 2.31. The third-order valence-corrected chi connectivity index (χ3v) is 8.47. The van der Waals surface area contributed by atoms with Gasteiger partial charge >= 0.3 is 41.8 Å². The van der Waals surface area contributed by atoms with Crippen LogP contribution in [0.4, 0.5) is 0 Å². The number of carbonyl (C=O) groups is 8. The van der Waals surface area contributed by atoms with Crippen LogP contribution < -0.4 is 5.32 Å². The molecule has 0 saturated carbocycles. The third-order valence-electron chi connectivity index (χ3n) is 7.08. The van der Waals surface area contributed by atoms with E-state index in [0.717, 1.165) is 67.3 Å². The average Bonchev–Trinajstić information content (AvgIpc) is 3.31. The second kappa shape index (κ2) is 18.8. The fourth-order valence-corrected chi connectivity index (χ4v) is 6.79. The number of hydrogen-bond donors (Lipinski definition) is 1. The first-order valence-electron chi connectivity index (χ1n) is 15.2. The van der Waals surface area contributed by atoms with Gasteiger partial charge in [0.25, 0.3) is 0 Å². The van der Waals surface area contributed by atoms with E-state index < -0.39 is 121 Å². The van der Waals surface area contributed by atoms with E-state index in [4.69, 9.17) is 47.4 Å². The Labute approximate surface area is 291 Å². The first-order chi connectivity index (χ1) is 23.3. The normalized spacial score (nSPS) is 28.5. The molecule has 0 spiro atoms. The number of ether oxygens (including phenoxy) is 10. The van der Waals surface area contributed by atoms with Gasteiger partial charge in [0.15, 0.2) is 30.7 Å². The van der Waals surface area contributed by atoms with E-state index >= 15 is 0 Å². The SMILES string of the molecule is COC(=O)[C@@]1(SC[C@H]2OC(OC)[C@H](OC(C)=O)[C@@H]2OC(C)=O)C[C@H](OC(C)=O)[C@@H](NC(C)=O)[C@H]([C@H](OC(C)=O)[C@@H](COC(C)=O)OC(C)=O)O1. The van der Waals surface area contributed by atoms with E-state index in [1.54, 1.807) is 0 Å². The van der Waals surface area contributed by atoms with Gasteiger partial charge in [0.1, 0.15) is 24.9 Å². The number of rotatable bonds is 15. The maximum absolute atomic E-state index is 13.7. The topological polar surface area (TPSA) is 241 Å². The van der Waals surface area contributed by atoms with Gasteiger partial charge in [-0.15, -0.1) is 11.8 Å². The Bertz CT molecular complexity index is 1290. The molecule has 19 nitrogen and oxygen atoms in total. The minimum atomic E-state index is -2.17. The zero-order valence-corrected chi connectivity index (χ0v) is 29.9. The van der Waals surface area contributed by atoms with Crippen molar-refractivity contribution in [1.82, 2.24) is 5.32 Å². The number of carbonyl (C=O) groups excluding carboxylic acids is 8. The van der Waals surface area contributed by atoms with E-state index in [1.807, 2.05) is 0 Å². The van der Waals surface area contributed by atoms with Crippen LogP contribution in [0.2, 0.25) is 0 Å². The van der Waals surface area contributed by atoms with E-state index in [1.165, 1.54) is 7.11 Å². The highest BCUT2D eigenvalue weighted by molar-refractivity contribution is 8.01. The number of methoxy groups -OCH3 is 2. The molecule has 0 aliphatic carbocycles. The Hall–Kier alpha value is -4.01. The van der Waals surface area contributed by atoms with Crippen molar-refractivity contribution in [3.8, 4) is 0 Å². The number of amides is 1. The summed E-state index contributed by atoms with van der Waals surface area (Å²) in [5, 5.41) is 2.58. The summed E-state index contributed by atoms with van der Waals surface area (Å²) in [4.78, 5) is 96.7. The molecule has 2 saturated heterocycles. The molecule has 0 aromatic heterocycles. The number of hydrogen-bond acceptors (Lipinski definition) is 19. The first kappa shape index (κ1) is 42.2. The van der Waals surface area contributed by atoms with E-state index in [9.17, 15) is 38.4 Å². The second-order valence-electron chi connectivity index (χ2n) is 11.2. The lowest BCUT2D eigenvalue weighted by Gasteiger charge is -2.48. The molecular formula is C30H43NO18S. The molecule has 1 N–H and O–H groups in total. The molecule has 50 heavy (non-hydrogen) atoms. The van der Waals surface area contributed by atoms with Crippen LogP contribution in [0, 0.1) is 0 Å². The quantitative estimate of drug-likeness (QED) is 0.164. The summed E-state index contributed by atoms with van der Waals surface area (Å²) in [5.74, 6) is -6.88. The van der Waals surface area contributed by atoms with Gasteiger partial charge in [-0.25, -0.2) is 4.79 Å². The van der Waals surface area contributed by atoms with Gasteiger partial charge in [0, 0.05) is 67.7 Å². The summed E-state index contributed by atoms with van der Waals surface area (Å²) in [6.45, 7) is 6.93. The molecule has 2 heterocycles. The van der Waals surface area contributed by atoms with Crippen molar-refractivity contribution in [2.24, 2.45) is 0 Å². The Morgan fingerprint density at radius 3 is 1.84 bits per heavy atom. The number of esters is 7. The van der Waals surface area contributed by atoms with Gasteiger partial charge < -0.3 is 52.7 Å². The van der Waals surface area contributed by atoms with Crippen molar-refractivity contribution < 1.29 is 85.7 Å². The maximum atomic E-state index is 13.7. The highest BCUT2D eigenvalue weighted by atomic mass is 32.2. The summed E-state index contributed by atoms with van der Waals surface area (Å²) in [5.41, 5.74) is 0. The lowest BCUT2D eigenvalue weighted by molar-refractivity contribution is -0.224. The van der Waals surface area contributed by atoms with Gasteiger partial charge in [-0.1, -0.05) is 0 Å². The fraction of sp³-hybridized carbons (Fsp3) is 0.733. The van der Waals surface area contributed by atoms with Gasteiger partial charge in [0.05, 0.1) is 13.2 Å². The Kier molecular flexibility index (Phi) is 15.9. The fourth-order valence-electron chi connectivity index (χ4n) is 5.43. The van der Waals surface area contributed by atoms with E-state index in [0.29, 0.717) is 0 Å². The van der Waals surface area contributed by atoms with E-state index in [-0.39, 0.29) is 5.75 Å². The van der Waals surface area contributed by atoms with Crippen LogP contribution in [0.15, 0.2) is 0 Å². The zero-order valence-electron chi connectivity index (χ0n) is 29.1. The van der Waals surface area contributed by atoms with Gasteiger partial charge in [-0.2, -0.15) is 0 Å². The third kappa shape index (κ3) is 11.8. The molecule has 282 valence electrons. The van der Waals surface area contributed by atoms with Crippen LogP contribution in [0.5, 0.6) is 0 Å². The Morgan fingerprint density at radius 1 is 0.780 bits per heavy atom.